The normalized spacial score (nSPS) is 12.0. The molecule has 0 radical (unpaired) electrons. The van der Waals surface area contributed by atoms with Gasteiger partial charge in [-0.1, -0.05) is 6.92 Å². The van der Waals surface area contributed by atoms with Gasteiger partial charge in [0.15, 0.2) is 11.5 Å². The number of primary amides is 2. The van der Waals surface area contributed by atoms with Crippen molar-refractivity contribution in [2.75, 3.05) is 10.6 Å². The maximum absolute atomic E-state index is 11.7. The van der Waals surface area contributed by atoms with E-state index in [1.165, 1.54) is 0 Å². The number of nitrogens with zero attached hydrogens (tertiary/aromatic N) is 5. The molecule has 0 spiro atoms. The van der Waals surface area contributed by atoms with E-state index in [9.17, 15) is 9.59 Å². The number of aryl methyl sites for hydroxylation is 1. The van der Waals surface area contributed by atoms with Gasteiger partial charge in [0.2, 0.25) is 11.9 Å². The van der Waals surface area contributed by atoms with E-state index in [0.29, 0.717) is 12.1 Å². The number of nitrogens with two attached hydrogens (primary N) is 2. The Balaban J connectivity index is 2.00. The standard InChI is InChI=1S/C16H18IN9O2/c1-3-9(13(18)27)22-16-23-15(12(14(19)28)24-25-16)21-10-5-11-7(4-8(10)17)6-20-26(11)2/h4-6,9H,3H2,1-2H3,(H2,18,27)(H2,19,28)(H2,21,22,23,25)/t9-/m1/s1. The summed E-state index contributed by atoms with van der Waals surface area (Å²) in [5.74, 6) is -1.16. The quantitative estimate of drug-likeness (QED) is 0.351. The van der Waals surface area contributed by atoms with Crippen LogP contribution in [0, 0.1) is 3.57 Å². The molecule has 3 rings (SSSR count). The van der Waals surface area contributed by atoms with Crippen molar-refractivity contribution in [2.24, 2.45) is 18.5 Å². The fourth-order valence-corrected chi connectivity index (χ4v) is 3.19. The van der Waals surface area contributed by atoms with E-state index in [4.69, 9.17) is 11.5 Å². The summed E-state index contributed by atoms with van der Waals surface area (Å²) in [6.45, 7) is 1.79. The third kappa shape index (κ3) is 3.95. The van der Waals surface area contributed by atoms with Gasteiger partial charge in [0, 0.05) is 16.0 Å². The molecule has 0 aliphatic carbocycles. The van der Waals surface area contributed by atoms with Crippen LogP contribution >= 0.6 is 22.6 Å². The van der Waals surface area contributed by atoms with Gasteiger partial charge in [-0.25, -0.2) is 0 Å². The molecule has 146 valence electrons. The van der Waals surface area contributed by atoms with Crippen LogP contribution in [0.3, 0.4) is 0 Å². The van der Waals surface area contributed by atoms with Crippen molar-refractivity contribution in [1.82, 2.24) is 25.0 Å². The number of carbonyl (C=O) groups excluding carboxylic acids is 2. The van der Waals surface area contributed by atoms with Crippen LogP contribution in [0.25, 0.3) is 10.9 Å². The Kier molecular flexibility index (Phi) is 5.58. The summed E-state index contributed by atoms with van der Waals surface area (Å²) in [5, 5.41) is 18.7. The molecule has 1 aromatic carbocycles. The van der Waals surface area contributed by atoms with E-state index in [1.807, 2.05) is 19.2 Å². The van der Waals surface area contributed by atoms with Crippen LogP contribution in [-0.4, -0.2) is 42.8 Å². The van der Waals surface area contributed by atoms with Crippen LogP contribution in [0.15, 0.2) is 18.3 Å². The third-order valence-corrected chi connectivity index (χ3v) is 4.96. The number of anilines is 3. The number of aromatic nitrogens is 5. The van der Waals surface area contributed by atoms with Crippen LogP contribution in [0.5, 0.6) is 0 Å². The fourth-order valence-electron chi connectivity index (χ4n) is 2.57. The zero-order valence-electron chi connectivity index (χ0n) is 15.1. The number of benzene rings is 1. The van der Waals surface area contributed by atoms with Gasteiger partial charge in [-0.3, -0.25) is 14.3 Å². The first-order valence-corrected chi connectivity index (χ1v) is 9.36. The molecule has 0 bridgehead atoms. The van der Waals surface area contributed by atoms with Crippen LogP contribution < -0.4 is 22.1 Å². The second kappa shape index (κ2) is 7.92. The highest BCUT2D eigenvalue weighted by Crippen LogP contribution is 2.28. The third-order valence-electron chi connectivity index (χ3n) is 4.06. The largest absolute Gasteiger partial charge is 0.368 e. The Bertz CT molecular complexity index is 1070. The van der Waals surface area contributed by atoms with Gasteiger partial charge < -0.3 is 22.1 Å². The number of hydrogen-bond acceptors (Lipinski definition) is 8. The topological polar surface area (TPSA) is 167 Å². The molecule has 1 atom stereocenters. The lowest BCUT2D eigenvalue weighted by atomic mass is 10.2. The van der Waals surface area contributed by atoms with Crippen LogP contribution in [0.1, 0.15) is 23.8 Å². The first-order chi connectivity index (χ1) is 13.3. The average molecular weight is 495 g/mol. The van der Waals surface area contributed by atoms with E-state index < -0.39 is 17.9 Å². The predicted molar refractivity (Wildman–Crippen MR) is 112 cm³/mol. The van der Waals surface area contributed by atoms with Crippen molar-refractivity contribution < 1.29 is 9.59 Å². The van der Waals surface area contributed by atoms with Crippen molar-refractivity contribution in [1.29, 1.82) is 0 Å². The lowest BCUT2D eigenvalue weighted by molar-refractivity contribution is -0.118. The lowest BCUT2D eigenvalue weighted by Crippen LogP contribution is -2.35. The van der Waals surface area contributed by atoms with E-state index in [-0.39, 0.29) is 17.5 Å². The van der Waals surface area contributed by atoms with Crippen molar-refractivity contribution in [2.45, 2.75) is 19.4 Å². The number of rotatable bonds is 7. The Morgan fingerprint density at radius 2 is 2.04 bits per heavy atom. The molecule has 11 nitrogen and oxygen atoms in total. The summed E-state index contributed by atoms with van der Waals surface area (Å²) < 4.78 is 2.61. The highest BCUT2D eigenvalue weighted by Gasteiger charge is 2.19. The molecule has 2 aromatic heterocycles. The smallest absolute Gasteiger partial charge is 0.273 e. The van der Waals surface area contributed by atoms with Gasteiger partial charge in [-0.15, -0.1) is 10.2 Å². The highest BCUT2D eigenvalue weighted by molar-refractivity contribution is 14.1. The number of hydrogen-bond donors (Lipinski definition) is 4. The molecule has 2 amide bonds. The molecule has 0 saturated heterocycles. The average Bonchev–Trinajstić information content (AvgIpc) is 2.99. The van der Waals surface area contributed by atoms with Crippen molar-refractivity contribution in [3.8, 4) is 0 Å². The number of carbonyl (C=O) groups is 2. The molecule has 0 aliphatic rings. The first kappa shape index (κ1) is 19.7. The monoisotopic (exact) mass is 495 g/mol. The SMILES string of the molecule is CC[C@@H](Nc1nnc(C(N)=O)c(Nc2cc3c(cnn3C)cc2I)n1)C(N)=O. The summed E-state index contributed by atoms with van der Waals surface area (Å²) >= 11 is 2.16. The first-order valence-electron chi connectivity index (χ1n) is 8.28. The molecular weight excluding hydrogens is 477 g/mol. The van der Waals surface area contributed by atoms with Gasteiger partial charge >= 0.3 is 0 Å². The molecule has 0 saturated carbocycles. The maximum atomic E-state index is 11.7. The van der Waals surface area contributed by atoms with Crippen LogP contribution in [-0.2, 0) is 11.8 Å². The molecule has 0 aliphatic heterocycles. The molecule has 12 heteroatoms. The summed E-state index contributed by atoms with van der Waals surface area (Å²) in [6, 6.07) is 3.16. The minimum atomic E-state index is -0.785. The maximum Gasteiger partial charge on any atom is 0.273 e. The van der Waals surface area contributed by atoms with Gasteiger partial charge in [0.05, 0.1) is 17.4 Å². The predicted octanol–water partition coefficient (Wildman–Crippen LogP) is 0.881. The van der Waals surface area contributed by atoms with E-state index >= 15 is 0 Å². The van der Waals surface area contributed by atoms with E-state index in [0.717, 1.165) is 14.5 Å². The minimum absolute atomic E-state index is 0.0507. The molecule has 2 heterocycles. The zero-order valence-corrected chi connectivity index (χ0v) is 17.3. The van der Waals surface area contributed by atoms with E-state index in [2.05, 4.69) is 53.5 Å². The second-order valence-corrected chi connectivity index (χ2v) is 7.15. The summed E-state index contributed by atoms with van der Waals surface area (Å²) in [4.78, 5) is 27.5. The fraction of sp³-hybridized carbons (Fsp3) is 0.250. The molecule has 0 fully saturated rings. The van der Waals surface area contributed by atoms with Crippen LogP contribution in [0.4, 0.5) is 17.5 Å². The van der Waals surface area contributed by atoms with Crippen molar-refractivity contribution >= 4 is 62.8 Å². The van der Waals surface area contributed by atoms with Gasteiger partial charge in [0.25, 0.3) is 5.91 Å². The Morgan fingerprint density at radius 3 is 2.68 bits per heavy atom. The molecule has 3 aromatic rings. The second-order valence-electron chi connectivity index (χ2n) is 5.99. The zero-order chi connectivity index (χ0) is 20.4. The number of nitrogens with one attached hydrogen (secondary N) is 2. The number of halogens is 1. The molecule has 28 heavy (non-hydrogen) atoms. The van der Waals surface area contributed by atoms with Crippen molar-refractivity contribution in [3.63, 3.8) is 0 Å². The van der Waals surface area contributed by atoms with Gasteiger partial charge in [-0.05, 0) is 41.1 Å². The number of amides is 2. The summed E-state index contributed by atoms with van der Waals surface area (Å²) in [5.41, 5.74) is 12.2. The minimum Gasteiger partial charge on any atom is -0.368 e. The van der Waals surface area contributed by atoms with Gasteiger partial charge in [-0.2, -0.15) is 10.1 Å². The number of fused-ring (bicyclic) bond motifs is 1. The van der Waals surface area contributed by atoms with Gasteiger partial charge in [0.1, 0.15) is 6.04 Å². The Labute approximate surface area is 173 Å². The molecule has 6 N–H and O–H groups in total. The summed E-state index contributed by atoms with van der Waals surface area (Å²) in [7, 11) is 1.83. The summed E-state index contributed by atoms with van der Waals surface area (Å²) in [6.07, 6.45) is 2.20. The van der Waals surface area contributed by atoms with Crippen LogP contribution in [0.2, 0.25) is 0 Å². The molecule has 0 unspecified atom stereocenters. The Hall–Kier alpha value is -3.03. The van der Waals surface area contributed by atoms with Crippen molar-refractivity contribution in [3.05, 3.63) is 27.6 Å². The van der Waals surface area contributed by atoms with E-state index in [1.54, 1.807) is 17.8 Å². The molecular formula is C16H18IN9O2. The highest BCUT2D eigenvalue weighted by atomic mass is 127. The Morgan fingerprint density at radius 1 is 1.29 bits per heavy atom. The lowest BCUT2D eigenvalue weighted by Gasteiger charge is -2.15.